The van der Waals surface area contributed by atoms with Crippen LogP contribution in [-0.2, 0) is 14.6 Å². The standard InChI is InChI=1S/C16H14F4N2O6S2/c1-16(2,25)14(24)22-13-11(12(21)23)10(5-29-13)30(26,27)9-4-7(18)6(17)3-8(9)28-15(19)20/h3-5,15,25H,1-2H3,(H2,21,23)(H,22,24). The van der Waals surface area contributed by atoms with Gasteiger partial charge in [0, 0.05) is 11.4 Å². The number of hydrogen-bond donors (Lipinski definition) is 3. The fourth-order valence-corrected chi connectivity index (χ4v) is 5.03. The molecule has 1 heterocycles. The fraction of sp³-hybridized carbons (Fsp3) is 0.250. The van der Waals surface area contributed by atoms with Gasteiger partial charge in [-0.2, -0.15) is 8.78 Å². The molecule has 14 heteroatoms. The van der Waals surface area contributed by atoms with Gasteiger partial charge in [-0.15, -0.1) is 11.3 Å². The van der Waals surface area contributed by atoms with Crippen molar-refractivity contribution in [2.45, 2.75) is 35.9 Å². The van der Waals surface area contributed by atoms with E-state index in [2.05, 4.69) is 10.1 Å². The highest BCUT2D eigenvalue weighted by Crippen LogP contribution is 2.38. The summed E-state index contributed by atoms with van der Waals surface area (Å²) in [5.41, 5.74) is 2.54. The van der Waals surface area contributed by atoms with Crippen molar-refractivity contribution in [3.63, 3.8) is 0 Å². The number of hydrogen-bond acceptors (Lipinski definition) is 7. The molecule has 0 bridgehead atoms. The number of ether oxygens (including phenoxy) is 1. The number of aliphatic hydroxyl groups is 1. The number of nitrogens with two attached hydrogens (primary N) is 1. The monoisotopic (exact) mass is 470 g/mol. The Bertz CT molecular complexity index is 1110. The Morgan fingerprint density at radius 3 is 2.27 bits per heavy atom. The molecule has 30 heavy (non-hydrogen) atoms. The van der Waals surface area contributed by atoms with Gasteiger partial charge in [0.15, 0.2) is 11.6 Å². The topological polar surface area (TPSA) is 136 Å². The molecule has 0 spiro atoms. The van der Waals surface area contributed by atoms with Crippen LogP contribution in [0.25, 0.3) is 0 Å². The summed E-state index contributed by atoms with van der Waals surface area (Å²) in [6.07, 6.45) is 0. The zero-order valence-electron chi connectivity index (χ0n) is 15.2. The van der Waals surface area contributed by atoms with E-state index in [-0.39, 0.29) is 17.1 Å². The number of thiophene rings is 1. The highest BCUT2D eigenvalue weighted by Gasteiger charge is 2.34. The molecule has 8 nitrogen and oxygen atoms in total. The van der Waals surface area contributed by atoms with E-state index in [0.717, 1.165) is 19.2 Å². The summed E-state index contributed by atoms with van der Waals surface area (Å²) in [6.45, 7) is -1.33. The molecule has 0 aliphatic rings. The normalized spacial score (nSPS) is 12.1. The van der Waals surface area contributed by atoms with Crippen LogP contribution in [-0.4, -0.2) is 37.6 Å². The number of nitrogens with one attached hydrogen (secondary N) is 1. The largest absolute Gasteiger partial charge is 0.433 e. The van der Waals surface area contributed by atoms with E-state index in [1.165, 1.54) is 0 Å². The van der Waals surface area contributed by atoms with E-state index < -0.39 is 66.6 Å². The average Bonchev–Trinajstić information content (AvgIpc) is 3.01. The van der Waals surface area contributed by atoms with E-state index in [9.17, 15) is 40.7 Å². The van der Waals surface area contributed by atoms with Gasteiger partial charge in [-0.1, -0.05) is 0 Å². The number of sulfone groups is 1. The number of anilines is 1. The summed E-state index contributed by atoms with van der Waals surface area (Å²) in [5.74, 6) is -6.87. The summed E-state index contributed by atoms with van der Waals surface area (Å²) in [5, 5.41) is 12.3. The maximum Gasteiger partial charge on any atom is 0.387 e. The number of alkyl halides is 2. The molecule has 0 radical (unpaired) electrons. The first-order valence-electron chi connectivity index (χ1n) is 7.80. The number of amides is 2. The molecule has 0 aliphatic heterocycles. The second kappa shape index (κ2) is 8.20. The summed E-state index contributed by atoms with van der Waals surface area (Å²) in [6, 6.07) is 0.224. The van der Waals surface area contributed by atoms with Gasteiger partial charge < -0.3 is 20.9 Å². The highest BCUT2D eigenvalue weighted by atomic mass is 32.2. The first-order valence-corrected chi connectivity index (χ1v) is 10.2. The van der Waals surface area contributed by atoms with Gasteiger partial charge in [0.05, 0.1) is 10.5 Å². The van der Waals surface area contributed by atoms with Gasteiger partial charge >= 0.3 is 6.61 Å². The third-order valence-electron chi connectivity index (χ3n) is 3.57. The first kappa shape index (κ1) is 23.6. The van der Waals surface area contributed by atoms with Crippen LogP contribution in [0, 0.1) is 11.6 Å². The van der Waals surface area contributed by atoms with Crippen LogP contribution in [0.3, 0.4) is 0 Å². The van der Waals surface area contributed by atoms with E-state index in [0.29, 0.717) is 11.3 Å². The van der Waals surface area contributed by atoms with Gasteiger partial charge in [0.25, 0.3) is 11.8 Å². The predicted octanol–water partition coefficient (Wildman–Crippen LogP) is 2.27. The summed E-state index contributed by atoms with van der Waals surface area (Å²) < 4.78 is 82.2. The minimum atomic E-state index is -4.95. The second-order valence-corrected chi connectivity index (χ2v) is 9.04. The quantitative estimate of drug-likeness (QED) is 0.420. The van der Waals surface area contributed by atoms with Crippen molar-refractivity contribution in [1.29, 1.82) is 0 Å². The zero-order valence-corrected chi connectivity index (χ0v) is 16.8. The average molecular weight is 470 g/mol. The molecule has 4 N–H and O–H groups in total. The fourth-order valence-electron chi connectivity index (χ4n) is 2.15. The summed E-state index contributed by atoms with van der Waals surface area (Å²) in [7, 11) is -4.95. The van der Waals surface area contributed by atoms with Crippen molar-refractivity contribution < 1.29 is 45.4 Å². The lowest BCUT2D eigenvalue weighted by Gasteiger charge is -2.16. The number of carbonyl (C=O) groups is 2. The zero-order chi connectivity index (χ0) is 23.0. The Balaban J connectivity index is 2.68. The lowest BCUT2D eigenvalue weighted by molar-refractivity contribution is -0.130. The van der Waals surface area contributed by atoms with E-state index in [1.54, 1.807) is 0 Å². The number of carbonyl (C=O) groups excluding carboxylic acids is 2. The molecule has 1 aromatic heterocycles. The van der Waals surface area contributed by atoms with Gasteiger partial charge in [-0.3, -0.25) is 9.59 Å². The third-order valence-corrected chi connectivity index (χ3v) is 6.41. The Kier molecular flexibility index (Phi) is 6.44. The van der Waals surface area contributed by atoms with Crippen LogP contribution in [0.1, 0.15) is 24.2 Å². The number of primary amides is 1. The van der Waals surface area contributed by atoms with E-state index >= 15 is 0 Å². The molecule has 0 fully saturated rings. The third kappa shape index (κ3) is 4.71. The molecule has 0 aliphatic carbocycles. The van der Waals surface area contributed by atoms with Crippen LogP contribution < -0.4 is 15.8 Å². The Labute approximate surface area is 171 Å². The molecule has 0 saturated carbocycles. The molecule has 0 atom stereocenters. The van der Waals surface area contributed by atoms with Crippen molar-refractivity contribution >= 4 is 38.0 Å². The van der Waals surface area contributed by atoms with E-state index in [1.807, 2.05) is 0 Å². The Morgan fingerprint density at radius 1 is 1.20 bits per heavy atom. The number of halogens is 4. The lowest BCUT2D eigenvalue weighted by Crippen LogP contribution is -2.37. The summed E-state index contributed by atoms with van der Waals surface area (Å²) >= 11 is 0.518. The van der Waals surface area contributed by atoms with Crippen LogP contribution in [0.2, 0.25) is 0 Å². The smallest absolute Gasteiger partial charge is 0.387 e. The van der Waals surface area contributed by atoms with E-state index in [4.69, 9.17) is 5.73 Å². The molecular weight excluding hydrogens is 456 g/mol. The van der Waals surface area contributed by atoms with Gasteiger partial charge in [-0.05, 0) is 19.9 Å². The van der Waals surface area contributed by atoms with Crippen molar-refractivity contribution in [3.05, 3.63) is 34.7 Å². The van der Waals surface area contributed by atoms with Crippen molar-refractivity contribution in [2.75, 3.05) is 5.32 Å². The van der Waals surface area contributed by atoms with Crippen LogP contribution in [0.5, 0.6) is 5.75 Å². The molecule has 2 rings (SSSR count). The van der Waals surface area contributed by atoms with Crippen LogP contribution >= 0.6 is 11.3 Å². The molecule has 0 unspecified atom stereocenters. The number of rotatable bonds is 7. The highest BCUT2D eigenvalue weighted by molar-refractivity contribution is 7.91. The minimum Gasteiger partial charge on any atom is -0.433 e. The molecule has 2 amide bonds. The Morgan fingerprint density at radius 2 is 1.77 bits per heavy atom. The van der Waals surface area contributed by atoms with Crippen molar-refractivity contribution in [1.82, 2.24) is 0 Å². The van der Waals surface area contributed by atoms with Gasteiger partial charge in [0.2, 0.25) is 9.84 Å². The first-order chi connectivity index (χ1) is 13.7. The van der Waals surface area contributed by atoms with Crippen LogP contribution in [0.15, 0.2) is 27.3 Å². The predicted molar refractivity (Wildman–Crippen MR) is 96.2 cm³/mol. The van der Waals surface area contributed by atoms with Crippen molar-refractivity contribution in [2.24, 2.45) is 5.73 Å². The SMILES string of the molecule is CC(C)(O)C(=O)Nc1scc(S(=O)(=O)c2cc(F)c(F)cc2OC(F)F)c1C(N)=O. The molecule has 0 saturated heterocycles. The second-order valence-electron chi connectivity index (χ2n) is 6.28. The minimum absolute atomic E-state index is 0.111. The molecule has 2 aromatic rings. The summed E-state index contributed by atoms with van der Waals surface area (Å²) in [4.78, 5) is 21.7. The lowest BCUT2D eigenvalue weighted by atomic mass is 10.1. The maximum atomic E-state index is 13.7. The van der Waals surface area contributed by atoms with Crippen molar-refractivity contribution in [3.8, 4) is 5.75 Å². The molecule has 1 aromatic carbocycles. The molecular formula is C16H14F4N2O6S2. The maximum absolute atomic E-state index is 13.7. The van der Waals surface area contributed by atoms with Crippen LogP contribution in [0.4, 0.5) is 22.6 Å². The van der Waals surface area contributed by atoms with Gasteiger partial charge in [-0.25, -0.2) is 17.2 Å². The number of benzene rings is 1. The van der Waals surface area contributed by atoms with Gasteiger partial charge in [0.1, 0.15) is 21.2 Å². The molecule has 164 valence electrons. The Hall–Kier alpha value is -2.71.